The van der Waals surface area contributed by atoms with Gasteiger partial charge in [0.2, 0.25) is 0 Å². The number of esters is 2. The van der Waals surface area contributed by atoms with Crippen LogP contribution in [0.2, 0.25) is 0 Å². The van der Waals surface area contributed by atoms with Gasteiger partial charge in [-0.25, -0.2) is 0 Å². The third kappa shape index (κ3) is 14.3. The number of ether oxygens (including phenoxy) is 2. The molecule has 0 saturated heterocycles. The maximum absolute atomic E-state index is 12.2. The van der Waals surface area contributed by atoms with Gasteiger partial charge in [-0.3, -0.25) is 14.1 Å². The first kappa shape index (κ1) is 30.8. The zero-order valence-corrected chi connectivity index (χ0v) is 20.4. The van der Waals surface area contributed by atoms with Gasteiger partial charge in [0.25, 0.3) is 10.1 Å². The second-order valence-electron chi connectivity index (χ2n) is 7.35. The third-order valence-electron chi connectivity index (χ3n) is 5.00. The predicted molar refractivity (Wildman–Crippen MR) is 108 cm³/mol. The standard InChI is InChI=1S/C20H38O7S.Ag/c1-5-9-11-16(7-3)14-26-19(21)13-18(28(23,24)25)20(22)27-15-17(8-4)12-10-6-2;/h16-18H,5-15H2,1-4H3,(H,23,24,25);. The number of unbranched alkanes of at least 4 members (excludes halogenated alkanes) is 2. The molecule has 0 aromatic heterocycles. The van der Waals surface area contributed by atoms with Crippen molar-refractivity contribution in [2.24, 2.45) is 11.8 Å². The van der Waals surface area contributed by atoms with Crippen molar-refractivity contribution in [2.75, 3.05) is 13.2 Å². The van der Waals surface area contributed by atoms with Crippen LogP contribution in [0.15, 0.2) is 0 Å². The van der Waals surface area contributed by atoms with Crippen LogP contribution < -0.4 is 0 Å². The van der Waals surface area contributed by atoms with E-state index in [1.165, 1.54) is 0 Å². The molecule has 0 aromatic carbocycles. The molecule has 0 spiro atoms. The largest absolute Gasteiger partial charge is 0.465 e. The number of rotatable bonds is 16. The molecule has 3 unspecified atom stereocenters. The van der Waals surface area contributed by atoms with Crippen molar-refractivity contribution in [3.8, 4) is 0 Å². The Morgan fingerprint density at radius 3 is 1.69 bits per heavy atom. The van der Waals surface area contributed by atoms with Gasteiger partial charge in [0.1, 0.15) is 0 Å². The van der Waals surface area contributed by atoms with Gasteiger partial charge in [-0.2, -0.15) is 8.42 Å². The number of hydrogen-bond acceptors (Lipinski definition) is 6. The second kappa shape index (κ2) is 17.3. The smallest absolute Gasteiger partial charge is 0.327 e. The number of carbonyl (C=O) groups excluding carboxylic acids is 2. The van der Waals surface area contributed by atoms with E-state index in [2.05, 4.69) is 13.8 Å². The van der Waals surface area contributed by atoms with E-state index in [-0.39, 0.29) is 47.4 Å². The van der Waals surface area contributed by atoms with E-state index < -0.39 is 33.7 Å². The van der Waals surface area contributed by atoms with Gasteiger partial charge in [0, 0.05) is 22.4 Å². The molecule has 7 nitrogen and oxygen atoms in total. The molecule has 9 heteroatoms. The summed E-state index contributed by atoms with van der Waals surface area (Å²) in [5.41, 5.74) is 0. The van der Waals surface area contributed by atoms with E-state index in [1.807, 2.05) is 13.8 Å². The van der Waals surface area contributed by atoms with E-state index in [1.54, 1.807) is 0 Å². The molecule has 0 saturated carbocycles. The van der Waals surface area contributed by atoms with Gasteiger partial charge in [-0.15, -0.1) is 0 Å². The summed E-state index contributed by atoms with van der Waals surface area (Å²) < 4.78 is 42.8. The SMILES string of the molecule is CCCCC(CC)COC(=O)CC(C(=O)OCC(CC)CCCC)S(=O)(=O)O.[Ag]. The fourth-order valence-corrected chi connectivity index (χ4v) is 3.48. The molecule has 0 aliphatic heterocycles. The van der Waals surface area contributed by atoms with Gasteiger partial charge in [0.15, 0.2) is 5.25 Å². The summed E-state index contributed by atoms with van der Waals surface area (Å²) in [5.74, 6) is -1.61. The van der Waals surface area contributed by atoms with Crippen molar-refractivity contribution in [2.45, 2.75) is 90.7 Å². The zero-order chi connectivity index (χ0) is 21.6. The van der Waals surface area contributed by atoms with E-state index in [9.17, 15) is 22.6 Å². The third-order valence-corrected chi connectivity index (χ3v) is 6.08. The molecular formula is C20H38AgO7S. The van der Waals surface area contributed by atoms with Crippen molar-refractivity contribution in [3.63, 3.8) is 0 Å². The van der Waals surface area contributed by atoms with Crippen molar-refractivity contribution in [3.05, 3.63) is 0 Å². The Labute approximate surface area is 191 Å². The summed E-state index contributed by atoms with van der Waals surface area (Å²) in [7, 11) is -4.76. The average Bonchev–Trinajstić information content (AvgIpc) is 2.65. The molecule has 1 radical (unpaired) electrons. The predicted octanol–water partition coefficient (Wildman–Crippen LogP) is 4.15. The Morgan fingerprint density at radius 1 is 0.862 bits per heavy atom. The van der Waals surface area contributed by atoms with E-state index in [0.717, 1.165) is 51.4 Å². The van der Waals surface area contributed by atoms with Crippen LogP contribution in [0.4, 0.5) is 0 Å². The summed E-state index contributed by atoms with van der Waals surface area (Å²) in [6.45, 7) is 8.35. The molecule has 0 rings (SSSR count). The molecule has 177 valence electrons. The second-order valence-corrected chi connectivity index (χ2v) is 8.95. The van der Waals surface area contributed by atoms with Crippen LogP contribution in [0, 0.1) is 11.8 Å². The van der Waals surface area contributed by atoms with Crippen LogP contribution in [-0.4, -0.2) is 43.4 Å². The Hall–Kier alpha value is -0.410. The van der Waals surface area contributed by atoms with Crippen molar-refractivity contribution in [1.29, 1.82) is 0 Å². The topological polar surface area (TPSA) is 107 Å². The fraction of sp³-hybridized carbons (Fsp3) is 0.900. The quantitative estimate of drug-likeness (QED) is 0.182. The van der Waals surface area contributed by atoms with Crippen LogP contribution in [0.5, 0.6) is 0 Å². The molecule has 0 aliphatic rings. The Kier molecular flexibility index (Phi) is 18.4. The molecular weight excluding hydrogens is 492 g/mol. The molecule has 0 heterocycles. The number of hydrogen-bond donors (Lipinski definition) is 1. The van der Waals surface area contributed by atoms with E-state index >= 15 is 0 Å². The van der Waals surface area contributed by atoms with Crippen molar-refractivity contribution >= 4 is 22.1 Å². The molecule has 0 fully saturated rings. The molecule has 1 N–H and O–H groups in total. The van der Waals surface area contributed by atoms with Gasteiger partial charge >= 0.3 is 11.9 Å². The summed E-state index contributed by atoms with van der Waals surface area (Å²) in [6, 6.07) is 0. The van der Waals surface area contributed by atoms with Crippen molar-refractivity contribution in [1.82, 2.24) is 0 Å². The summed E-state index contributed by atoms with van der Waals surface area (Å²) in [4.78, 5) is 24.2. The molecule has 29 heavy (non-hydrogen) atoms. The van der Waals surface area contributed by atoms with E-state index in [0.29, 0.717) is 0 Å². The number of carbonyl (C=O) groups is 2. The van der Waals surface area contributed by atoms with Crippen molar-refractivity contribution < 1.29 is 54.4 Å². The maximum atomic E-state index is 12.2. The van der Waals surface area contributed by atoms with Gasteiger partial charge in [-0.1, -0.05) is 66.2 Å². The first-order valence-electron chi connectivity index (χ1n) is 10.5. The maximum Gasteiger partial charge on any atom is 0.327 e. The molecule has 3 atom stereocenters. The molecule has 0 aromatic rings. The molecule has 0 amide bonds. The summed E-state index contributed by atoms with van der Waals surface area (Å²) in [6.07, 6.45) is 6.74. The van der Waals surface area contributed by atoms with Crippen LogP contribution in [0.1, 0.15) is 85.5 Å². The minimum atomic E-state index is -4.76. The monoisotopic (exact) mass is 529 g/mol. The fourth-order valence-electron chi connectivity index (χ4n) is 2.82. The van der Waals surface area contributed by atoms with Crippen LogP contribution in [-0.2, 0) is 51.6 Å². The first-order valence-corrected chi connectivity index (χ1v) is 12.0. The minimum absolute atomic E-state index is 0. The van der Waals surface area contributed by atoms with Gasteiger partial charge < -0.3 is 9.47 Å². The van der Waals surface area contributed by atoms with Crippen LogP contribution in [0.3, 0.4) is 0 Å². The Bertz CT molecular complexity index is 551. The van der Waals surface area contributed by atoms with Gasteiger partial charge in [0.05, 0.1) is 19.6 Å². The Balaban J connectivity index is 0. The first-order chi connectivity index (χ1) is 13.2. The zero-order valence-electron chi connectivity index (χ0n) is 18.1. The van der Waals surface area contributed by atoms with E-state index in [4.69, 9.17) is 9.47 Å². The normalized spacial score (nSPS) is 14.4. The minimum Gasteiger partial charge on any atom is -0.465 e. The Morgan fingerprint density at radius 2 is 1.31 bits per heavy atom. The van der Waals surface area contributed by atoms with Gasteiger partial charge in [-0.05, 0) is 24.7 Å². The summed E-state index contributed by atoms with van der Waals surface area (Å²) in [5, 5.41) is -1.95. The average molecular weight is 530 g/mol. The van der Waals surface area contributed by atoms with Crippen LogP contribution in [0.25, 0.3) is 0 Å². The van der Waals surface area contributed by atoms with Crippen LogP contribution >= 0.6 is 0 Å². The summed E-state index contributed by atoms with van der Waals surface area (Å²) >= 11 is 0. The molecule has 0 aliphatic carbocycles. The molecule has 0 bridgehead atoms.